The maximum absolute atomic E-state index is 12.4. The Morgan fingerprint density at radius 1 is 1.21 bits per heavy atom. The number of rotatable bonds is 3. The number of hydrogen-bond acceptors (Lipinski definition) is 5. The molecule has 1 fully saturated rings. The Bertz CT molecular complexity index is 1200. The largest absolute Gasteiger partial charge is 0.375 e. The van der Waals surface area contributed by atoms with Crippen molar-refractivity contribution in [2.75, 3.05) is 13.6 Å². The molecule has 0 unspecified atom stereocenters. The summed E-state index contributed by atoms with van der Waals surface area (Å²) in [5.74, 6) is 0.287. The molecule has 1 atom stereocenters. The van der Waals surface area contributed by atoms with E-state index in [9.17, 15) is 9.90 Å². The van der Waals surface area contributed by atoms with Crippen molar-refractivity contribution in [3.05, 3.63) is 60.7 Å². The molecule has 0 saturated carbocycles. The molecule has 4 heterocycles. The number of carbonyl (C=O) groups excluding carboxylic acids is 1. The van der Waals surface area contributed by atoms with Crippen molar-refractivity contribution in [2.45, 2.75) is 12.0 Å². The van der Waals surface area contributed by atoms with Crippen LogP contribution in [0.4, 0.5) is 0 Å². The number of aromatic nitrogens is 5. The second-order valence-electron chi connectivity index (χ2n) is 7.00. The van der Waals surface area contributed by atoms with Crippen LogP contribution >= 0.6 is 0 Å². The number of aliphatic hydroxyl groups is 1. The number of benzene rings is 1. The Morgan fingerprint density at radius 2 is 2.11 bits per heavy atom. The standard InChI is InChI=1S/C20H18N6O2/c1-25-9-7-20(28,19(25)27)13-4-2-5-14(10-13)26-12-23-18(24-26)16-11-22-17-15(16)6-3-8-21-17/h2-6,8,10-12,28H,7,9H2,1H3,(H,21,22)/t20-/m0/s1. The molecule has 1 aliphatic heterocycles. The van der Waals surface area contributed by atoms with Gasteiger partial charge in [-0.25, -0.2) is 14.6 Å². The summed E-state index contributed by atoms with van der Waals surface area (Å²) in [7, 11) is 1.70. The molecule has 140 valence electrons. The summed E-state index contributed by atoms with van der Waals surface area (Å²) in [6.45, 7) is 0.529. The second kappa shape index (κ2) is 6.00. The smallest absolute Gasteiger partial charge is 0.258 e. The van der Waals surface area contributed by atoms with Crippen LogP contribution in [0.3, 0.4) is 0 Å². The number of amides is 1. The van der Waals surface area contributed by atoms with Crippen LogP contribution in [0, 0.1) is 0 Å². The molecule has 8 nitrogen and oxygen atoms in total. The van der Waals surface area contributed by atoms with Gasteiger partial charge in [0.15, 0.2) is 11.4 Å². The molecule has 0 radical (unpaired) electrons. The number of likely N-dealkylation sites (N-methyl/N-ethyl adjacent to an activating group) is 1. The Hall–Kier alpha value is -3.52. The van der Waals surface area contributed by atoms with Gasteiger partial charge in [-0.15, -0.1) is 5.10 Å². The highest BCUT2D eigenvalue weighted by molar-refractivity contribution is 5.91. The van der Waals surface area contributed by atoms with Crippen LogP contribution < -0.4 is 0 Å². The first-order valence-electron chi connectivity index (χ1n) is 8.99. The number of hydrogen-bond donors (Lipinski definition) is 2. The van der Waals surface area contributed by atoms with Crippen LogP contribution in [0.5, 0.6) is 0 Å². The van der Waals surface area contributed by atoms with Crippen molar-refractivity contribution in [2.24, 2.45) is 0 Å². The molecule has 1 aliphatic rings. The molecular weight excluding hydrogens is 356 g/mol. The normalized spacial score (nSPS) is 19.6. The van der Waals surface area contributed by atoms with E-state index in [4.69, 9.17) is 0 Å². The zero-order valence-electron chi connectivity index (χ0n) is 15.2. The fourth-order valence-corrected chi connectivity index (χ4v) is 3.68. The summed E-state index contributed by atoms with van der Waals surface area (Å²) in [5.41, 5.74) is 1.44. The fraction of sp³-hybridized carbons (Fsp3) is 0.200. The van der Waals surface area contributed by atoms with Crippen LogP contribution in [-0.4, -0.2) is 54.2 Å². The van der Waals surface area contributed by atoms with Gasteiger partial charge in [-0.3, -0.25) is 4.79 Å². The van der Waals surface area contributed by atoms with Gasteiger partial charge in [-0.05, 0) is 29.8 Å². The third-order valence-electron chi connectivity index (χ3n) is 5.28. The third kappa shape index (κ3) is 2.42. The van der Waals surface area contributed by atoms with Crippen LogP contribution in [0.2, 0.25) is 0 Å². The lowest BCUT2D eigenvalue weighted by molar-refractivity contribution is -0.143. The molecule has 1 aromatic carbocycles. The number of H-pyrrole nitrogens is 1. The summed E-state index contributed by atoms with van der Waals surface area (Å²) in [4.78, 5) is 25.8. The highest BCUT2D eigenvalue weighted by atomic mass is 16.3. The number of nitrogens with one attached hydrogen (secondary N) is 1. The first-order valence-corrected chi connectivity index (χ1v) is 8.99. The summed E-state index contributed by atoms with van der Waals surface area (Å²) in [5, 5.41) is 16.4. The monoisotopic (exact) mass is 374 g/mol. The van der Waals surface area contributed by atoms with Crippen molar-refractivity contribution in [1.29, 1.82) is 0 Å². The van der Waals surface area contributed by atoms with E-state index < -0.39 is 5.60 Å². The number of fused-ring (bicyclic) bond motifs is 1. The van der Waals surface area contributed by atoms with Crippen molar-refractivity contribution < 1.29 is 9.90 Å². The minimum atomic E-state index is -1.49. The number of nitrogens with zero attached hydrogens (tertiary/aromatic N) is 5. The first kappa shape index (κ1) is 16.6. The number of pyridine rings is 1. The maximum atomic E-state index is 12.4. The van der Waals surface area contributed by atoms with Crippen LogP contribution in [0.25, 0.3) is 28.1 Å². The van der Waals surface area contributed by atoms with Crippen molar-refractivity contribution in [3.8, 4) is 17.1 Å². The molecule has 0 aliphatic carbocycles. The SMILES string of the molecule is CN1CC[C@](O)(c2cccc(-n3cnc(-c4c[nH]c5ncccc45)n3)c2)C1=O. The number of likely N-dealkylation sites (tertiary alicyclic amines) is 1. The average molecular weight is 374 g/mol. The zero-order chi connectivity index (χ0) is 19.3. The van der Waals surface area contributed by atoms with Crippen LogP contribution in [0.1, 0.15) is 12.0 Å². The van der Waals surface area contributed by atoms with Gasteiger partial charge in [-0.1, -0.05) is 12.1 Å². The van der Waals surface area contributed by atoms with Gasteiger partial charge < -0.3 is 15.0 Å². The van der Waals surface area contributed by atoms with E-state index in [0.29, 0.717) is 24.4 Å². The molecule has 0 spiro atoms. The van der Waals surface area contributed by atoms with Gasteiger partial charge in [-0.2, -0.15) is 0 Å². The number of carbonyl (C=O) groups is 1. The van der Waals surface area contributed by atoms with E-state index in [1.54, 1.807) is 41.3 Å². The molecule has 0 bridgehead atoms. The van der Waals surface area contributed by atoms with Crippen molar-refractivity contribution in [1.82, 2.24) is 29.6 Å². The third-order valence-corrected chi connectivity index (χ3v) is 5.28. The second-order valence-corrected chi connectivity index (χ2v) is 7.00. The van der Waals surface area contributed by atoms with E-state index in [1.165, 1.54) is 0 Å². The Kier molecular flexibility index (Phi) is 3.56. The zero-order valence-corrected chi connectivity index (χ0v) is 15.2. The minimum Gasteiger partial charge on any atom is -0.375 e. The van der Waals surface area contributed by atoms with Crippen molar-refractivity contribution in [3.63, 3.8) is 0 Å². The summed E-state index contributed by atoms with van der Waals surface area (Å²) < 4.78 is 1.64. The van der Waals surface area contributed by atoms with Gasteiger partial charge in [0, 0.05) is 43.4 Å². The molecule has 1 saturated heterocycles. The fourth-order valence-electron chi connectivity index (χ4n) is 3.68. The quantitative estimate of drug-likeness (QED) is 0.570. The maximum Gasteiger partial charge on any atom is 0.258 e. The molecule has 8 heteroatoms. The first-order chi connectivity index (χ1) is 13.6. The van der Waals surface area contributed by atoms with Crippen LogP contribution in [-0.2, 0) is 10.4 Å². The van der Waals surface area contributed by atoms with E-state index in [0.717, 1.165) is 22.3 Å². The highest BCUT2D eigenvalue weighted by Gasteiger charge is 2.45. The lowest BCUT2D eigenvalue weighted by Crippen LogP contribution is -2.36. The van der Waals surface area contributed by atoms with Crippen LogP contribution in [0.15, 0.2) is 55.1 Å². The molecular formula is C20H18N6O2. The summed E-state index contributed by atoms with van der Waals surface area (Å²) in [6, 6.07) is 11.1. The molecule has 3 aromatic heterocycles. The van der Waals surface area contributed by atoms with Gasteiger partial charge >= 0.3 is 0 Å². The van der Waals surface area contributed by atoms with Gasteiger partial charge in [0.2, 0.25) is 0 Å². The molecule has 2 N–H and O–H groups in total. The van der Waals surface area contributed by atoms with E-state index in [-0.39, 0.29) is 5.91 Å². The molecule has 1 amide bonds. The van der Waals surface area contributed by atoms with E-state index >= 15 is 0 Å². The Labute approximate surface area is 160 Å². The molecule has 28 heavy (non-hydrogen) atoms. The summed E-state index contributed by atoms with van der Waals surface area (Å²) in [6.07, 6.45) is 5.56. The molecule has 4 aromatic rings. The lowest BCUT2D eigenvalue weighted by Gasteiger charge is -2.21. The summed E-state index contributed by atoms with van der Waals surface area (Å²) >= 11 is 0. The molecule has 5 rings (SSSR count). The highest BCUT2D eigenvalue weighted by Crippen LogP contribution is 2.33. The van der Waals surface area contributed by atoms with E-state index in [2.05, 4.69) is 20.1 Å². The number of aromatic amines is 1. The van der Waals surface area contributed by atoms with Gasteiger partial charge in [0.05, 0.1) is 5.69 Å². The Balaban J connectivity index is 1.52. The predicted molar refractivity (Wildman–Crippen MR) is 103 cm³/mol. The van der Waals surface area contributed by atoms with E-state index in [1.807, 2.05) is 30.5 Å². The van der Waals surface area contributed by atoms with Gasteiger partial charge in [0.25, 0.3) is 5.91 Å². The minimum absolute atomic E-state index is 0.282. The van der Waals surface area contributed by atoms with Crippen molar-refractivity contribution >= 4 is 16.9 Å². The predicted octanol–water partition coefficient (Wildman–Crippen LogP) is 1.86. The van der Waals surface area contributed by atoms with Gasteiger partial charge in [0.1, 0.15) is 12.0 Å². The Morgan fingerprint density at radius 3 is 2.93 bits per heavy atom. The lowest BCUT2D eigenvalue weighted by atomic mass is 9.92. The topological polar surface area (TPSA) is 99.9 Å². The average Bonchev–Trinajstić information content (AvgIpc) is 3.43.